The Morgan fingerprint density at radius 1 is 0.978 bits per heavy atom. The number of hydrogen-bond acceptors (Lipinski definition) is 6. The van der Waals surface area contributed by atoms with Gasteiger partial charge in [0.25, 0.3) is 0 Å². The fourth-order valence-electron chi connectivity index (χ4n) is 5.68. The largest absolute Gasteiger partial charge is 0.488 e. The van der Waals surface area contributed by atoms with E-state index in [-0.39, 0.29) is 58.7 Å². The van der Waals surface area contributed by atoms with Crippen molar-refractivity contribution in [3.8, 4) is 16.9 Å². The van der Waals surface area contributed by atoms with Gasteiger partial charge in [-0.3, -0.25) is 4.79 Å². The minimum Gasteiger partial charge on any atom is -0.488 e. The molecule has 0 aliphatic heterocycles. The molecule has 2 amide bonds. The average Bonchev–Trinajstić information content (AvgIpc) is 3.00. The number of rotatable bonds is 12. The van der Waals surface area contributed by atoms with Crippen molar-refractivity contribution in [1.29, 1.82) is 0 Å². The lowest BCUT2D eigenvalue weighted by Crippen LogP contribution is -2.44. The molecule has 1 aliphatic rings. The summed E-state index contributed by atoms with van der Waals surface area (Å²) >= 11 is 6.45. The number of ether oxygens (including phenoxy) is 3. The number of nitrogens with one attached hydrogen (secondary N) is 2. The van der Waals surface area contributed by atoms with E-state index in [1.165, 1.54) is 25.3 Å². The van der Waals surface area contributed by atoms with Crippen molar-refractivity contribution in [2.24, 2.45) is 5.73 Å². The summed E-state index contributed by atoms with van der Waals surface area (Å²) in [4.78, 5) is 24.6. The van der Waals surface area contributed by atoms with Crippen molar-refractivity contribution in [1.82, 2.24) is 10.6 Å². The molecule has 4 rings (SSSR count). The van der Waals surface area contributed by atoms with Crippen molar-refractivity contribution in [3.05, 3.63) is 87.9 Å². The molecule has 0 spiro atoms. The van der Waals surface area contributed by atoms with Crippen LogP contribution < -0.4 is 21.1 Å². The van der Waals surface area contributed by atoms with Crippen LogP contribution in [0.3, 0.4) is 0 Å². The Morgan fingerprint density at radius 2 is 1.65 bits per heavy atom. The smallest absolute Gasteiger partial charge is 0.407 e. The molecule has 4 N–H and O–H groups in total. The van der Waals surface area contributed by atoms with E-state index in [0.717, 1.165) is 31.2 Å². The Bertz CT molecular complexity index is 1510. The van der Waals surface area contributed by atoms with Crippen molar-refractivity contribution in [3.63, 3.8) is 0 Å². The summed E-state index contributed by atoms with van der Waals surface area (Å²) in [5.41, 5.74) is 6.12. The summed E-state index contributed by atoms with van der Waals surface area (Å²) < 4.78 is 47.4. The van der Waals surface area contributed by atoms with Gasteiger partial charge in [0.2, 0.25) is 5.91 Å². The molecule has 3 aromatic rings. The Labute approximate surface area is 273 Å². The number of hydrogen-bond donors (Lipinski definition) is 3. The molecule has 248 valence electrons. The van der Waals surface area contributed by atoms with Gasteiger partial charge < -0.3 is 30.6 Å². The molecule has 0 saturated heterocycles. The molecule has 1 saturated carbocycles. The predicted octanol–water partition coefficient (Wildman–Crippen LogP) is 6.97. The third-order valence-corrected chi connectivity index (χ3v) is 8.28. The number of primary amides is 1. The van der Waals surface area contributed by atoms with E-state index in [1.807, 2.05) is 51.1 Å². The molecule has 0 bridgehead atoms. The number of carbonyl (C=O) groups excluding carboxylic acids is 2. The van der Waals surface area contributed by atoms with Crippen molar-refractivity contribution >= 4 is 23.6 Å². The molecule has 0 radical (unpaired) electrons. The van der Waals surface area contributed by atoms with Crippen LogP contribution in [0.2, 0.25) is 5.02 Å². The second kappa shape index (κ2) is 15.7. The van der Waals surface area contributed by atoms with Gasteiger partial charge in [0.05, 0.1) is 17.2 Å². The Hall–Kier alpha value is -3.73. The minimum atomic E-state index is -0.891. The highest BCUT2D eigenvalue weighted by atomic mass is 35.5. The average molecular weight is 658 g/mol. The van der Waals surface area contributed by atoms with Gasteiger partial charge in [0, 0.05) is 42.8 Å². The van der Waals surface area contributed by atoms with Crippen LogP contribution in [-0.4, -0.2) is 56.6 Å². The van der Waals surface area contributed by atoms with Crippen molar-refractivity contribution < 1.29 is 32.6 Å². The predicted molar refractivity (Wildman–Crippen MR) is 174 cm³/mol. The molecule has 1 atom stereocenters. The number of alkyl carbamates (subject to hydrolysis) is 1. The maximum absolute atomic E-state index is 16.0. The van der Waals surface area contributed by atoms with Crippen molar-refractivity contribution in [2.75, 3.05) is 26.9 Å². The van der Waals surface area contributed by atoms with Crippen LogP contribution in [0.15, 0.2) is 54.6 Å². The highest BCUT2D eigenvalue weighted by Crippen LogP contribution is 2.40. The number of methoxy groups -OCH3 is 1. The van der Waals surface area contributed by atoms with Gasteiger partial charge in [-0.1, -0.05) is 41.9 Å². The third-order valence-electron chi connectivity index (χ3n) is 7.90. The molecule has 11 heteroatoms. The van der Waals surface area contributed by atoms with Gasteiger partial charge in [0.1, 0.15) is 18.0 Å². The Kier molecular flexibility index (Phi) is 12.0. The van der Waals surface area contributed by atoms with Crippen LogP contribution in [0.4, 0.5) is 13.6 Å². The maximum atomic E-state index is 16.0. The minimum absolute atomic E-state index is 0.00480. The van der Waals surface area contributed by atoms with E-state index in [2.05, 4.69) is 10.6 Å². The summed E-state index contributed by atoms with van der Waals surface area (Å²) in [6, 6.07) is 15.4. The van der Waals surface area contributed by atoms with Gasteiger partial charge in [0.15, 0.2) is 11.6 Å². The van der Waals surface area contributed by atoms with E-state index in [1.54, 1.807) is 6.07 Å². The number of benzene rings is 3. The first-order chi connectivity index (χ1) is 21.9. The standard InChI is InChI=1S/C35H42ClF2N3O5/c1-35(2,3)46-34(43)41-24-12-10-23(11-13-24)40-20-27(21-8-6-5-7-9-21)22-18-26(31(36)28(37)19-22)30-25(33(39)42)14-15-29(32(30)38)45-17-16-44-4/h5-9,14-15,18-19,23-24,27,40H,10-13,16-17,20H2,1-4H3,(H2,39,42)(H,41,43). The van der Waals surface area contributed by atoms with Crippen LogP contribution in [-0.2, 0) is 9.47 Å². The normalized spacial score (nSPS) is 17.3. The monoisotopic (exact) mass is 657 g/mol. The molecule has 0 heterocycles. The first-order valence-corrected chi connectivity index (χ1v) is 15.8. The van der Waals surface area contributed by atoms with Gasteiger partial charge in [-0.2, -0.15) is 0 Å². The fourth-order valence-corrected chi connectivity index (χ4v) is 5.88. The zero-order chi connectivity index (χ0) is 33.4. The molecule has 46 heavy (non-hydrogen) atoms. The lowest BCUT2D eigenvalue weighted by Gasteiger charge is -2.32. The molecule has 8 nitrogen and oxygen atoms in total. The Balaban J connectivity index is 1.61. The highest BCUT2D eigenvalue weighted by Gasteiger charge is 2.28. The van der Waals surface area contributed by atoms with Gasteiger partial charge in [-0.25, -0.2) is 13.6 Å². The summed E-state index contributed by atoms with van der Waals surface area (Å²) in [6.45, 7) is 6.21. The molecule has 0 aromatic heterocycles. The van der Waals surface area contributed by atoms with Crippen LogP contribution in [0.1, 0.15) is 73.9 Å². The molecule has 1 aliphatic carbocycles. The molecule has 1 fully saturated rings. The second-order valence-electron chi connectivity index (χ2n) is 12.4. The molecular weight excluding hydrogens is 616 g/mol. The summed E-state index contributed by atoms with van der Waals surface area (Å²) in [5.74, 6) is -3.01. The SMILES string of the molecule is COCCOc1ccc(C(N)=O)c(-c2cc(C(CNC3CCC(NC(=O)OC(C)(C)C)CC3)c3ccccc3)cc(F)c2Cl)c1F. The number of nitrogens with two attached hydrogens (primary N) is 1. The van der Waals surface area contributed by atoms with E-state index in [4.69, 9.17) is 31.5 Å². The van der Waals surface area contributed by atoms with Crippen LogP contribution in [0, 0.1) is 11.6 Å². The molecule has 3 aromatic carbocycles. The molecule has 1 unspecified atom stereocenters. The quantitative estimate of drug-likeness (QED) is 0.182. The first-order valence-electron chi connectivity index (χ1n) is 15.4. The van der Waals surface area contributed by atoms with Crippen molar-refractivity contribution in [2.45, 2.75) is 70.1 Å². The highest BCUT2D eigenvalue weighted by molar-refractivity contribution is 6.33. The van der Waals surface area contributed by atoms with Crippen LogP contribution in [0.5, 0.6) is 5.75 Å². The fraction of sp³-hybridized carbons (Fsp3) is 0.429. The number of amides is 2. The lowest BCUT2D eigenvalue weighted by atomic mass is 9.86. The van der Waals surface area contributed by atoms with Gasteiger partial charge >= 0.3 is 6.09 Å². The second-order valence-corrected chi connectivity index (χ2v) is 12.8. The first kappa shape index (κ1) is 35.1. The van der Waals surface area contributed by atoms with E-state index < -0.39 is 29.2 Å². The van der Waals surface area contributed by atoms with Gasteiger partial charge in [-0.15, -0.1) is 0 Å². The van der Waals surface area contributed by atoms with E-state index in [9.17, 15) is 9.59 Å². The number of halogens is 3. The Morgan fingerprint density at radius 3 is 2.28 bits per heavy atom. The zero-order valence-electron chi connectivity index (χ0n) is 26.6. The topological polar surface area (TPSA) is 112 Å². The summed E-state index contributed by atoms with van der Waals surface area (Å²) in [7, 11) is 1.49. The van der Waals surface area contributed by atoms with Crippen LogP contribution >= 0.6 is 11.6 Å². The van der Waals surface area contributed by atoms with E-state index >= 15 is 8.78 Å². The summed E-state index contributed by atoms with van der Waals surface area (Å²) in [5, 5.41) is 6.24. The number of carbonyl (C=O) groups is 2. The third kappa shape index (κ3) is 9.18. The zero-order valence-corrected chi connectivity index (χ0v) is 27.4. The lowest BCUT2D eigenvalue weighted by molar-refractivity contribution is 0.0489. The van der Waals surface area contributed by atoms with Gasteiger partial charge in [-0.05, 0) is 81.8 Å². The molecular formula is C35H42ClF2N3O5. The van der Waals surface area contributed by atoms with E-state index in [0.29, 0.717) is 12.1 Å². The summed E-state index contributed by atoms with van der Waals surface area (Å²) in [6.07, 6.45) is 2.79. The maximum Gasteiger partial charge on any atom is 0.407 e. The van der Waals surface area contributed by atoms with Crippen LogP contribution in [0.25, 0.3) is 11.1 Å².